The smallest absolute Gasteiger partial charge is 0.202 e. The monoisotopic (exact) mass is 183 g/mol. The van der Waals surface area contributed by atoms with Gasteiger partial charge < -0.3 is 14.6 Å². The van der Waals surface area contributed by atoms with Crippen LogP contribution in [-0.2, 0) is 11.8 Å². The summed E-state index contributed by atoms with van der Waals surface area (Å²) in [4.78, 5) is 4.17. The first-order chi connectivity index (χ1) is 6.24. The summed E-state index contributed by atoms with van der Waals surface area (Å²) in [7, 11) is 3.69. The topological polar surface area (TPSA) is 39.1 Å². The van der Waals surface area contributed by atoms with Crippen LogP contribution in [0.1, 0.15) is 13.3 Å². The lowest BCUT2D eigenvalue weighted by atomic mass is 10.2. The van der Waals surface area contributed by atoms with E-state index in [0.29, 0.717) is 6.04 Å². The third kappa shape index (κ3) is 3.06. The van der Waals surface area contributed by atoms with E-state index in [1.807, 2.05) is 17.8 Å². The number of aromatic nitrogens is 2. The Bertz CT molecular complexity index is 247. The summed E-state index contributed by atoms with van der Waals surface area (Å²) in [6.45, 7) is 2.90. The van der Waals surface area contributed by atoms with Gasteiger partial charge in [-0.3, -0.25) is 0 Å². The van der Waals surface area contributed by atoms with Crippen LogP contribution in [0.25, 0.3) is 0 Å². The average Bonchev–Trinajstić information content (AvgIpc) is 2.48. The van der Waals surface area contributed by atoms with Crippen LogP contribution >= 0.6 is 0 Å². The van der Waals surface area contributed by atoms with E-state index in [9.17, 15) is 0 Å². The van der Waals surface area contributed by atoms with Gasteiger partial charge in [0.1, 0.15) is 0 Å². The van der Waals surface area contributed by atoms with Crippen LogP contribution in [-0.4, -0.2) is 29.3 Å². The van der Waals surface area contributed by atoms with E-state index in [1.165, 1.54) is 0 Å². The molecule has 1 aromatic heterocycles. The number of aryl methyl sites for hydroxylation is 1. The van der Waals surface area contributed by atoms with Crippen molar-refractivity contribution in [1.82, 2.24) is 9.55 Å². The van der Waals surface area contributed by atoms with E-state index in [4.69, 9.17) is 4.74 Å². The predicted molar refractivity (Wildman–Crippen MR) is 52.8 cm³/mol. The van der Waals surface area contributed by atoms with Crippen molar-refractivity contribution < 1.29 is 4.74 Å². The Labute approximate surface area is 78.9 Å². The quantitative estimate of drug-likeness (QED) is 0.747. The van der Waals surface area contributed by atoms with Gasteiger partial charge in [0, 0.05) is 39.2 Å². The molecule has 0 aromatic carbocycles. The maximum Gasteiger partial charge on any atom is 0.202 e. The Hall–Kier alpha value is -1.03. The molecule has 1 atom stereocenters. The number of hydrogen-bond donors (Lipinski definition) is 1. The molecule has 0 spiro atoms. The number of anilines is 1. The van der Waals surface area contributed by atoms with Crippen molar-refractivity contribution in [3.8, 4) is 0 Å². The fourth-order valence-corrected chi connectivity index (χ4v) is 1.09. The molecule has 1 unspecified atom stereocenters. The summed E-state index contributed by atoms with van der Waals surface area (Å²) in [5.41, 5.74) is 0. The maximum atomic E-state index is 4.99. The number of ether oxygens (including phenoxy) is 1. The molecule has 0 amide bonds. The molecule has 0 bridgehead atoms. The van der Waals surface area contributed by atoms with Crippen molar-refractivity contribution in [3.63, 3.8) is 0 Å². The lowest BCUT2D eigenvalue weighted by Gasteiger charge is -2.13. The molecular weight excluding hydrogens is 166 g/mol. The van der Waals surface area contributed by atoms with Gasteiger partial charge in [0.05, 0.1) is 0 Å². The van der Waals surface area contributed by atoms with Gasteiger partial charge in [0.2, 0.25) is 5.95 Å². The highest BCUT2D eigenvalue weighted by Crippen LogP contribution is 2.04. The van der Waals surface area contributed by atoms with Gasteiger partial charge in [-0.15, -0.1) is 0 Å². The number of nitrogens with one attached hydrogen (secondary N) is 1. The van der Waals surface area contributed by atoms with E-state index in [0.717, 1.165) is 19.0 Å². The molecule has 1 rings (SSSR count). The van der Waals surface area contributed by atoms with Crippen molar-refractivity contribution in [3.05, 3.63) is 12.4 Å². The number of hydrogen-bond acceptors (Lipinski definition) is 3. The molecule has 4 nitrogen and oxygen atoms in total. The second-order valence-electron chi connectivity index (χ2n) is 3.19. The molecule has 74 valence electrons. The molecular formula is C9H17N3O. The minimum Gasteiger partial charge on any atom is -0.385 e. The van der Waals surface area contributed by atoms with E-state index in [-0.39, 0.29) is 0 Å². The van der Waals surface area contributed by atoms with Crippen LogP contribution in [0.4, 0.5) is 5.95 Å². The Morgan fingerprint density at radius 1 is 1.69 bits per heavy atom. The summed E-state index contributed by atoms with van der Waals surface area (Å²) in [5, 5.41) is 3.30. The van der Waals surface area contributed by atoms with Crippen molar-refractivity contribution >= 4 is 5.95 Å². The van der Waals surface area contributed by atoms with Crippen LogP contribution in [0.5, 0.6) is 0 Å². The predicted octanol–water partition coefficient (Wildman–Crippen LogP) is 1.26. The second kappa shape index (κ2) is 4.87. The number of rotatable bonds is 5. The van der Waals surface area contributed by atoms with E-state index < -0.39 is 0 Å². The highest BCUT2D eigenvalue weighted by atomic mass is 16.5. The zero-order valence-electron chi connectivity index (χ0n) is 8.45. The molecule has 0 radical (unpaired) electrons. The first kappa shape index (κ1) is 10.1. The molecule has 1 heterocycles. The minimum atomic E-state index is 0.390. The van der Waals surface area contributed by atoms with Crippen LogP contribution in [0.3, 0.4) is 0 Å². The highest BCUT2D eigenvalue weighted by Gasteiger charge is 2.04. The fraction of sp³-hybridized carbons (Fsp3) is 0.667. The standard InChI is InChI=1S/C9H17N3O/c1-8(4-7-13-3)11-9-10-5-6-12(9)2/h5-6,8H,4,7H2,1-3H3,(H,10,11). The van der Waals surface area contributed by atoms with Crippen molar-refractivity contribution in [2.24, 2.45) is 7.05 Å². The van der Waals surface area contributed by atoms with E-state index in [2.05, 4.69) is 17.2 Å². The number of imidazole rings is 1. The van der Waals surface area contributed by atoms with Crippen molar-refractivity contribution in [2.45, 2.75) is 19.4 Å². The van der Waals surface area contributed by atoms with Gasteiger partial charge in [0.15, 0.2) is 0 Å². The summed E-state index contributed by atoms with van der Waals surface area (Å²) < 4.78 is 6.96. The Morgan fingerprint density at radius 3 is 3.00 bits per heavy atom. The van der Waals surface area contributed by atoms with Gasteiger partial charge in [-0.05, 0) is 13.3 Å². The lowest BCUT2D eigenvalue weighted by Crippen LogP contribution is -2.19. The van der Waals surface area contributed by atoms with Gasteiger partial charge in [-0.25, -0.2) is 4.98 Å². The first-order valence-corrected chi connectivity index (χ1v) is 4.47. The molecule has 0 saturated carbocycles. The molecule has 4 heteroatoms. The summed E-state index contributed by atoms with van der Waals surface area (Å²) >= 11 is 0. The molecule has 0 aliphatic rings. The molecule has 0 saturated heterocycles. The number of nitrogens with zero attached hydrogens (tertiary/aromatic N) is 2. The van der Waals surface area contributed by atoms with Crippen molar-refractivity contribution in [2.75, 3.05) is 19.0 Å². The third-order valence-electron chi connectivity index (χ3n) is 1.95. The summed E-state index contributed by atoms with van der Waals surface area (Å²) in [6.07, 6.45) is 4.69. The zero-order valence-corrected chi connectivity index (χ0v) is 8.45. The SMILES string of the molecule is COCCC(C)Nc1nccn1C. The van der Waals surface area contributed by atoms with E-state index >= 15 is 0 Å². The zero-order chi connectivity index (χ0) is 9.68. The van der Waals surface area contributed by atoms with Crippen LogP contribution < -0.4 is 5.32 Å². The largest absolute Gasteiger partial charge is 0.385 e. The van der Waals surface area contributed by atoms with Gasteiger partial charge >= 0.3 is 0 Å². The maximum absolute atomic E-state index is 4.99. The summed E-state index contributed by atoms with van der Waals surface area (Å²) in [6, 6.07) is 0.390. The fourth-order valence-electron chi connectivity index (χ4n) is 1.09. The van der Waals surface area contributed by atoms with Crippen LogP contribution in [0.2, 0.25) is 0 Å². The normalized spacial score (nSPS) is 12.8. The Morgan fingerprint density at radius 2 is 2.46 bits per heavy atom. The van der Waals surface area contributed by atoms with Crippen molar-refractivity contribution in [1.29, 1.82) is 0 Å². The highest BCUT2D eigenvalue weighted by molar-refractivity contribution is 5.26. The summed E-state index contributed by atoms with van der Waals surface area (Å²) in [5.74, 6) is 0.906. The molecule has 0 fully saturated rings. The average molecular weight is 183 g/mol. The first-order valence-electron chi connectivity index (χ1n) is 4.47. The molecule has 0 aliphatic carbocycles. The van der Waals surface area contributed by atoms with E-state index in [1.54, 1.807) is 13.3 Å². The van der Waals surface area contributed by atoms with Gasteiger partial charge in [0.25, 0.3) is 0 Å². The Balaban J connectivity index is 2.36. The Kier molecular flexibility index (Phi) is 3.76. The second-order valence-corrected chi connectivity index (χ2v) is 3.19. The van der Waals surface area contributed by atoms with Gasteiger partial charge in [-0.2, -0.15) is 0 Å². The lowest BCUT2D eigenvalue weighted by molar-refractivity contribution is 0.191. The molecule has 0 aliphatic heterocycles. The molecule has 13 heavy (non-hydrogen) atoms. The molecule has 1 N–H and O–H groups in total. The minimum absolute atomic E-state index is 0.390. The van der Waals surface area contributed by atoms with Crippen LogP contribution in [0.15, 0.2) is 12.4 Å². The molecule has 1 aromatic rings. The van der Waals surface area contributed by atoms with Crippen LogP contribution in [0, 0.1) is 0 Å². The number of methoxy groups -OCH3 is 1. The third-order valence-corrected chi connectivity index (χ3v) is 1.95. The van der Waals surface area contributed by atoms with Gasteiger partial charge in [-0.1, -0.05) is 0 Å².